The SMILES string of the molecule is CN=C(NC)NC[C@@H](C)c1ccc(F)cc1F. The Hall–Kier alpha value is -1.65. The van der Waals surface area contributed by atoms with Crippen LogP contribution in [0.3, 0.4) is 0 Å². The van der Waals surface area contributed by atoms with Crippen molar-refractivity contribution in [2.75, 3.05) is 20.6 Å². The average molecular weight is 241 g/mol. The van der Waals surface area contributed by atoms with Gasteiger partial charge in [-0.1, -0.05) is 13.0 Å². The van der Waals surface area contributed by atoms with Gasteiger partial charge in [0.25, 0.3) is 0 Å². The molecule has 0 heterocycles. The van der Waals surface area contributed by atoms with E-state index in [-0.39, 0.29) is 5.92 Å². The number of aliphatic imine (C=N–C) groups is 1. The standard InChI is InChI=1S/C12H17F2N3/c1-8(7-17-12(15-2)16-3)10-5-4-9(13)6-11(10)14/h4-6,8H,7H2,1-3H3,(H2,15,16,17)/t8-/m1/s1. The molecule has 5 heteroatoms. The fourth-order valence-corrected chi connectivity index (χ4v) is 1.54. The maximum absolute atomic E-state index is 13.5. The summed E-state index contributed by atoms with van der Waals surface area (Å²) in [4.78, 5) is 3.95. The maximum Gasteiger partial charge on any atom is 0.190 e. The molecule has 1 rings (SSSR count). The fraction of sp³-hybridized carbons (Fsp3) is 0.417. The Morgan fingerprint density at radius 2 is 2.12 bits per heavy atom. The number of hydrogen-bond acceptors (Lipinski definition) is 1. The first kappa shape index (κ1) is 13.4. The molecule has 3 nitrogen and oxygen atoms in total. The molecule has 2 N–H and O–H groups in total. The number of guanidine groups is 1. The zero-order chi connectivity index (χ0) is 12.8. The zero-order valence-corrected chi connectivity index (χ0v) is 10.2. The normalized spacial score (nSPS) is 13.4. The summed E-state index contributed by atoms with van der Waals surface area (Å²) in [5, 5.41) is 5.91. The fourth-order valence-electron chi connectivity index (χ4n) is 1.54. The Labute approximate surface area is 99.9 Å². The van der Waals surface area contributed by atoms with Gasteiger partial charge in [-0.25, -0.2) is 8.78 Å². The molecule has 1 aromatic rings. The third kappa shape index (κ3) is 3.69. The summed E-state index contributed by atoms with van der Waals surface area (Å²) in [5.74, 6) is -0.503. The van der Waals surface area contributed by atoms with Crippen molar-refractivity contribution in [3.8, 4) is 0 Å². The molecule has 0 bridgehead atoms. The van der Waals surface area contributed by atoms with E-state index in [0.29, 0.717) is 18.1 Å². The lowest BCUT2D eigenvalue weighted by Crippen LogP contribution is -2.36. The lowest BCUT2D eigenvalue weighted by atomic mass is 10.0. The third-order valence-electron chi connectivity index (χ3n) is 2.53. The summed E-state index contributed by atoms with van der Waals surface area (Å²) < 4.78 is 26.2. The van der Waals surface area contributed by atoms with Crippen molar-refractivity contribution in [2.24, 2.45) is 4.99 Å². The average Bonchev–Trinajstić information content (AvgIpc) is 2.30. The van der Waals surface area contributed by atoms with Crippen molar-refractivity contribution in [1.82, 2.24) is 10.6 Å². The molecule has 0 spiro atoms. The number of nitrogens with zero attached hydrogens (tertiary/aromatic N) is 1. The molecular formula is C12H17F2N3. The molecule has 0 unspecified atom stereocenters. The van der Waals surface area contributed by atoms with Crippen molar-refractivity contribution >= 4 is 5.96 Å². The van der Waals surface area contributed by atoms with Crippen molar-refractivity contribution in [3.05, 3.63) is 35.4 Å². The smallest absolute Gasteiger partial charge is 0.190 e. The summed E-state index contributed by atoms with van der Waals surface area (Å²) in [6.45, 7) is 2.39. The molecule has 0 radical (unpaired) electrons. The first-order valence-electron chi connectivity index (χ1n) is 5.41. The first-order chi connectivity index (χ1) is 8.08. The molecule has 0 aliphatic rings. The summed E-state index contributed by atoms with van der Waals surface area (Å²) in [6.07, 6.45) is 0. The van der Waals surface area contributed by atoms with E-state index in [1.807, 2.05) is 6.92 Å². The van der Waals surface area contributed by atoms with Crippen LogP contribution in [0.4, 0.5) is 8.78 Å². The van der Waals surface area contributed by atoms with Crippen LogP contribution in [0.15, 0.2) is 23.2 Å². The third-order valence-corrected chi connectivity index (χ3v) is 2.53. The van der Waals surface area contributed by atoms with E-state index in [9.17, 15) is 8.78 Å². The van der Waals surface area contributed by atoms with Crippen molar-refractivity contribution in [2.45, 2.75) is 12.8 Å². The van der Waals surface area contributed by atoms with Gasteiger partial charge in [-0.05, 0) is 11.6 Å². The summed E-state index contributed by atoms with van der Waals surface area (Å²) in [5.41, 5.74) is 0.491. The number of benzene rings is 1. The van der Waals surface area contributed by atoms with Crippen LogP contribution in [0.2, 0.25) is 0 Å². The van der Waals surface area contributed by atoms with Crippen LogP contribution in [0.1, 0.15) is 18.4 Å². The summed E-state index contributed by atoms with van der Waals surface area (Å²) in [7, 11) is 3.40. The monoisotopic (exact) mass is 241 g/mol. The molecule has 0 saturated carbocycles. The highest BCUT2D eigenvalue weighted by Crippen LogP contribution is 2.18. The highest BCUT2D eigenvalue weighted by molar-refractivity contribution is 5.79. The van der Waals surface area contributed by atoms with Gasteiger partial charge in [0.15, 0.2) is 5.96 Å². The molecule has 0 aromatic heterocycles. The van der Waals surface area contributed by atoms with E-state index in [1.165, 1.54) is 12.1 Å². The van der Waals surface area contributed by atoms with Crippen LogP contribution in [-0.2, 0) is 0 Å². The predicted octanol–water partition coefficient (Wildman–Crippen LogP) is 1.86. The highest BCUT2D eigenvalue weighted by Gasteiger charge is 2.11. The lowest BCUT2D eigenvalue weighted by Gasteiger charge is -2.15. The van der Waals surface area contributed by atoms with E-state index in [0.717, 1.165) is 6.07 Å². The van der Waals surface area contributed by atoms with Gasteiger partial charge < -0.3 is 10.6 Å². The van der Waals surface area contributed by atoms with Crippen molar-refractivity contribution < 1.29 is 8.78 Å². The number of rotatable bonds is 3. The molecular weight excluding hydrogens is 224 g/mol. The van der Waals surface area contributed by atoms with Gasteiger partial charge in [-0.3, -0.25) is 4.99 Å². The Balaban J connectivity index is 2.67. The van der Waals surface area contributed by atoms with Crippen LogP contribution < -0.4 is 10.6 Å². The van der Waals surface area contributed by atoms with Gasteiger partial charge in [0.1, 0.15) is 11.6 Å². The zero-order valence-electron chi connectivity index (χ0n) is 10.2. The largest absolute Gasteiger partial charge is 0.359 e. The Morgan fingerprint density at radius 1 is 1.41 bits per heavy atom. The van der Waals surface area contributed by atoms with Gasteiger partial charge in [0.05, 0.1) is 0 Å². The summed E-state index contributed by atoms with van der Waals surface area (Å²) in [6, 6.07) is 3.64. The Bertz CT molecular complexity index is 405. The van der Waals surface area contributed by atoms with Gasteiger partial charge in [-0.2, -0.15) is 0 Å². The van der Waals surface area contributed by atoms with E-state index < -0.39 is 11.6 Å². The van der Waals surface area contributed by atoms with Gasteiger partial charge in [0, 0.05) is 32.6 Å². The first-order valence-corrected chi connectivity index (χ1v) is 5.41. The second kappa shape index (κ2) is 6.18. The van der Waals surface area contributed by atoms with Crippen LogP contribution >= 0.6 is 0 Å². The van der Waals surface area contributed by atoms with E-state index in [2.05, 4.69) is 15.6 Å². The minimum Gasteiger partial charge on any atom is -0.359 e. The van der Waals surface area contributed by atoms with Gasteiger partial charge >= 0.3 is 0 Å². The second-order valence-corrected chi connectivity index (χ2v) is 3.77. The molecule has 0 aliphatic heterocycles. The van der Waals surface area contributed by atoms with Gasteiger partial charge in [-0.15, -0.1) is 0 Å². The van der Waals surface area contributed by atoms with Crippen molar-refractivity contribution in [3.63, 3.8) is 0 Å². The van der Waals surface area contributed by atoms with E-state index in [1.54, 1.807) is 14.1 Å². The molecule has 0 fully saturated rings. The number of nitrogens with one attached hydrogen (secondary N) is 2. The Kier molecular flexibility index (Phi) is 4.87. The molecule has 94 valence electrons. The van der Waals surface area contributed by atoms with Gasteiger partial charge in [0.2, 0.25) is 0 Å². The highest BCUT2D eigenvalue weighted by atomic mass is 19.1. The molecule has 1 atom stereocenters. The van der Waals surface area contributed by atoms with E-state index in [4.69, 9.17) is 0 Å². The minimum atomic E-state index is -0.558. The minimum absolute atomic E-state index is 0.0688. The van der Waals surface area contributed by atoms with E-state index >= 15 is 0 Å². The molecule has 0 amide bonds. The Morgan fingerprint density at radius 3 is 2.65 bits per heavy atom. The summed E-state index contributed by atoms with van der Waals surface area (Å²) >= 11 is 0. The molecule has 0 aliphatic carbocycles. The predicted molar refractivity (Wildman–Crippen MR) is 65.2 cm³/mol. The van der Waals surface area contributed by atoms with Crippen LogP contribution in [0.5, 0.6) is 0 Å². The van der Waals surface area contributed by atoms with Crippen LogP contribution in [0, 0.1) is 11.6 Å². The maximum atomic E-state index is 13.5. The quantitative estimate of drug-likeness (QED) is 0.626. The van der Waals surface area contributed by atoms with Crippen LogP contribution in [0.25, 0.3) is 0 Å². The number of halogens is 2. The second-order valence-electron chi connectivity index (χ2n) is 3.77. The number of hydrogen-bond donors (Lipinski definition) is 2. The topological polar surface area (TPSA) is 36.4 Å². The molecule has 0 saturated heterocycles. The lowest BCUT2D eigenvalue weighted by molar-refractivity contribution is 0.556. The van der Waals surface area contributed by atoms with Crippen molar-refractivity contribution in [1.29, 1.82) is 0 Å². The molecule has 1 aromatic carbocycles. The van der Waals surface area contributed by atoms with Crippen LogP contribution in [-0.4, -0.2) is 26.6 Å². The molecule has 17 heavy (non-hydrogen) atoms.